The van der Waals surface area contributed by atoms with Crippen molar-refractivity contribution in [2.24, 2.45) is 10.9 Å². The molecular weight excluding hydrogens is 489 g/mol. The van der Waals surface area contributed by atoms with Gasteiger partial charge in [0.1, 0.15) is 0 Å². The minimum absolute atomic E-state index is 0. The zero-order valence-corrected chi connectivity index (χ0v) is 19.9. The Labute approximate surface area is 188 Å². The number of guanidine groups is 1. The molecule has 1 amide bonds. The molecule has 2 aliphatic rings. The minimum atomic E-state index is -0.334. The Hall–Kier alpha value is -1.23. The second-order valence-electron chi connectivity index (χ2n) is 6.93. The lowest BCUT2D eigenvalue weighted by atomic mass is 10.2. The van der Waals surface area contributed by atoms with E-state index in [2.05, 4.69) is 44.9 Å². The summed E-state index contributed by atoms with van der Waals surface area (Å²) >= 11 is 1.79. The first kappa shape index (κ1) is 23.1. The lowest BCUT2D eigenvalue weighted by Crippen LogP contribution is -2.52. The zero-order valence-electron chi connectivity index (χ0n) is 16.7. The molecule has 2 heterocycles. The van der Waals surface area contributed by atoms with Crippen LogP contribution in [-0.4, -0.2) is 68.9 Å². The molecule has 1 aliphatic carbocycles. The largest absolute Gasteiger partial charge is 0.450 e. The maximum atomic E-state index is 11.8. The number of anilines is 1. The van der Waals surface area contributed by atoms with Crippen molar-refractivity contribution in [3.63, 3.8) is 0 Å². The van der Waals surface area contributed by atoms with Gasteiger partial charge in [-0.25, -0.2) is 4.79 Å². The summed E-state index contributed by atoms with van der Waals surface area (Å²) in [5, 5.41) is 9.86. The van der Waals surface area contributed by atoms with Crippen LogP contribution in [-0.2, 0) is 4.74 Å². The van der Waals surface area contributed by atoms with Crippen molar-refractivity contribution in [1.82, 2.24) is 15.5 Å². The Bertz CT molecular complexity index is 616. The third kappa shape index (κ3) is 6.68. The van der Waals surface area contributed by atoms with Crippen molar-refractivity contribution in [3.8, 4) is 0 Å². The van der Waals surface area contributed by atoms with Crippen LogP contribution in [0, 0.1) is 5.92 Å². The maximum absolute atomic E-state index is 11.8. The van der Waals surface area contributed by atoms with Crippen LogP contribution in [0.2, 0.25) is 0 Å². The van der Waals surface area contributed by atoms with Crippen LogP contribution in [0.3, 0.4) is 0 Å². The first-order chi connectivity index (χ1) is 13.2. The van der Waals surface area contributed by atoms with Crippen molar-refractivity contribution >= 4 is 52.4 Å². The monoisotopic (exact) mass is 521 g/mol. The Kier molecular flexibility index (Phi) is 9.63. The summed E-state index contributed by atoms with van der Waals surface area (Å²) < 4.78 is 5.04. The highest BCUT2D eigenvalue weighted by Crippen LogP contribution is 2.33. The smallest absolute Gasteiger partial charge is 0.407 e. The Morgan fingerprint density at radius 2 is 2.07 bits per heavy atom. The van der Waals surface area contributed by atoms with Crippen molar-refractivity contribution < 1.29 is 9.53 Å². The average molecular weight is 521 g/mol. The third-order valence-corrected chi connectivity index (χ3v) is 5.87. The van der Waals surface area contributed by atoms with E-state index in [0.717, 1.165) is 51.5 Å². The Morgan fingerprint density at radius 1 is 1.32 bits per heavy atom. The number of carbonyl (C=O) groups is 1. The van der Waals surface area contributed by atoms with E-state index in [4.69, 9.17) is 9.73 Å². The fraction of sp³-hybridized carbons (Fsp3) is 0.684. The number of hydrogen-bond acceptors (Lipinski definition) is 5. The van der Waals surface area contributed by atoms with Crippen molar-refractivity contribution in [2.75, 3.05) is 50.8 Å². The van der Waals surface area contributed by atoms with Crippen LogP contribution in [0.1, 0.15) is 26.7 Å². The molecule has 1 saturated carbocycles. The summed E-state index contributed by atoms with van der Waals surface area (Å²) in [4.78, 5) is 21.4. The molecular formula is C19H32IN5O2S. The molecule has 1 aromatic heterocycles. The molecule has 2 fully saturated rings. The second kappa shape index (κ2) is 11.7. The predicted octanol–water partition coefficient (Wildman–Crippen LogP) is 2.98. The van der Waals surface area contributed by atoms with Crippen LogP contribution in [0.4, 0.5) is 9.80 Å². The topological polar surface area (TPSA) is 69.2 Å². The molecule has 9 heteroatoms. The van der Waals surface area contributed by atoms with Gasteiger partial charge in [0, 0.05) is 32.7 Å². The van der Waals surface area contributed by atoms with Crippen LogP contribution in [0.5, 0.6) is 0 Å². The molecule has 0 bridgehead atoms. The number of halogens is 1. The number of alkyl carbamates (subject to hydrolysis) is 1. The number of carbonyl (C=O) groups excluding carboxylic acids is 1. The van der Waals surface area contributed by atoms with E-state index < -0.39 is 0 Å². The van der Waals surface area contributed by atoms with E-state index in [-0.39, 0.29) is 36.1 Å². The number of hydrogen-bond donors (Lipinski definition) is 2. The fourth-order valence-electron chi connectivity index (χ4n) is 3.33. The van der Waals surface area contributed by atoms with Gasteiger partial charge in [-0.1, -0.05) is 0 Å². The van der Waals surface area contributed by atoms with Gasteiger partial charge in [0.2, 0.25) is 0 Å². The minimum Gasteiger partial charge on any atom is -0.450 e. The molecule has 3 rings (SSSR count). The number of ether oxygens (including phenoxy) is 1. The first-order valence-corrected chi connectivity index (χ1v) is 10.8. The second-order valence-corrected chi connectivity index (χ2v) is 7.85. The van der Waals surface area contributed by atoms with E-state index >= 15 is 0 Å². The van der Waals surface area contributed by atoms with Gasteiger partial charge in [0.25, 0.3) is 0 Å². The number of aliphatic imine (C=N–C) groups is 1. The van der Waals surface area contributed by atoms with E-state index in [0.29, 0.717) is 19.1 Å². The number of piperazine rings is 1. The fourth-order valence-corrected chi connectivity index (χ4v) is 4.12. The van der Waals surface area contributed by atoms with Crippen molar-refractivity contribution in [1.29, 1.82) is 0 Å². The molecule has 2 N–H and O–H groups in total. The summed E-state index contributed by atoms with van der Waals surface area (Å²) in [6, 6.07) is 4.35. The van der Waals surface area contributed by atoms with Gasteiger partial charge < -0.3 is 25.2 Å². The number of rotatable bonds is 7. The quantitative estimate of drug-likeness (QED) is 0.328. The summed E-state index contributed by atoms with van der Waals surface area (Å²) in [6.45, 7) is 9.63. The SMILES string of the molecule is CCNC(=NCC(NC(=O)OCC)C1CC1)N1CCN(c2cccs2)CC1.I. The van der Waals surface area contributed by atoms with Crippen molar-refractivity contribution in [2.45, 2.75) is 32.7 Å². The van der Waals surface area contributed by atoms with E-state index in [1.54, 1.807) is 11.3 Å². The number of amides is 1. The highest BCUT2D eigenvalue weighted by Gasteiger charge is 2.33. The lowest BCUT2D eigenvalue weighted by molar-refractivity contribution is 0.147. The van der Waals surface area contributed by atoms with Crippen LogP contribution in [0.25, 0.3) is 0 Å². The highest BCUT2D eigenvalue weighted by molar-refractivity contribution is 14.0. The number of nitrogens with one attached hydrogen (secondary N) is 2. The maximum Gasteiger partial charge on any atom is 0.407 e. The predicted molar refractivity (Wildman–Crippen MR) is 126 cm³/mol. The van der Waals surface area contributed by atoms with Crippen LogP contribution < -0.4 is 15.5 Å². The van der Waals surface area contributed by atoms with E-state index in [1.165, 1.54) is 5.00 Å². The molecule has 0 aromatic carbocycles. The molecule has 28 heavy (non-hydrogen) atoms. The third-order valence-electron chi connectivity index (χ3n) is 4.94. The average Bonchev–Trinajstić information content (AvgIpc) is 3.38. The normalized spacial score (nSPS) is 18.3. The lowest BCUT2D eigenvalue weighted by Gasteiger charge is -2.37. The van der Waals surface area contributed by atoms with Gasteiger partial charge >= 0.3 is 6.09 Å². The van der Waals surface area contributed by atoms with Crippen LogP contribution >= 0.6 is 35.3 Å². The molecule has 0 radical (unpaired) electrons. The highest BCUT2D eigenvalue weighted by atomic mass is 127. The van der Waals surface area contributed by atoms with Gasteiger partial charge in [-0.2, -0.15) is 0 Å². The molecule has 7 nitrogen and oxygen atoms in total. The molecule has 1 unspecified atom stereocenters. The molecule has 158 valence electrons. The Morgan fingerprint density at radius 3 is 2.64 bits per heavy atom. The number of nitrogens with zero attached hydrogens (tertiary/aromatic N) is 3. The van der Waals surface area contributed by atoms with Gasteiger partial charge in [-0.05, 0) is 50.1 Å². The van der Waals surface area contributed by atoms with Crippen molar-refractivity contribution in [3.05, 3.63) is 17.5 Å². The van der Waals surface area contributed by atoms with Crippen LogP contribution in [0.15, 0.2) is 22.5 Å². The molecule has 1 aliphatic heterocycles. The summed E-state index contributed by atoms with van der Waals surface area (Å²) in [6.07, 6.45) is 1.98. The van der Waals surface area contributed by atoms with Gasteiger partial charge in [-0.3, -0.25) is 4.99 Å². The first-order valence-electron chi connectivity index (χ1n) is 9.96. The molecule has 0 spiro atoms. The van der Waals surface area contributed by atoms with Gasteiger partial charge in [0.05, 0.1) is 24.2 Å². The van der Waals surface area contributed by atoms with E-state index in [1.807, 2.05) is 6.92 Å². The molecule has 1 saturated heterocycles. The molecule has 1 aromatic rings. The van der Waals surface area contributed by atoms with Gasteiger partial charge in [0.15, 0.2) is 5.96 Å². The summed E-state index contributed by atoms with van der Waals surface area (Å²) in [5.41, 5.74) is 0. The molecule has 1 atom stereocenters. The number of thiophene rings is 1. The zero-order chi connectivity index (χ0) is 19.1. The van der Waals surface area contributed by atoms with E-state index in [9.17, 15) is 4.79 Å². The summed E-state index contributed by atoms with van der Waals surface area (Å²) in [7, 11) is 0. The standard InChI is InChI=1S/C19H31N5O2S.HI/c1-3-20-18(21-14-16(15-7-8-15)22-19(25)26-4-2)24-11-9-23(10-12-24)17-6-5-13-27-17;/h5-6,13,15-16H,3-4,7-12,14H2,1-2H3,(H,20,21)(H,22,25);1H. The van der Waals surface area contributed by atoms with Gasteiger partial charge in [-0.15, -0.1) is 35.3 Å². The summed E-state index contributed by atoms with van der Waals surface area (Å²) in [5.74, 6) is 1.47. The Balaban J connectivity index is 0.00000280.